The molecular formula is C10H7F3N2O2. The van der Waals surface area contributed by atoms with E-state index in [1.54, 1.807) is 0 Å². The summed E-state index contributed by atoms with van der Waals surface area (Å²) in [7, 11) is 0. The van der Waals surface area contributed by atoms with Gasteiger partial charge in [0.25, 0.3) is 0 Å². The monoisotopic (exact) mass is 244 g/mol. The highest BCUT2D eigenvalue weighted by molar-refractivity contribution is 5.84. The molecular weight excluding hydrogens is 237 g/mol. The van der Waals surface area contributed by atoms with Crippen LogP contribution >= 0.6 is 0 Å². The average Bonchev–Trinajstić information content (AvgIpc) is 2.61. The van der Waals surface area contributed by atoms with Gasteiger partial charge in [-0.15, -0.1) is 0 Å². The number of hydrogen-bond acceptors (Lipinski definition) is 2. The second-order valence-corrected chi connectivity index (χ2v) is 3.55. The minimum absolute atomic E-state index is 0.0960. The molecule has 0 aliphatic rings. The number of carbonyl (C=O) groups is 1. The lowest BCUT2D eigenvalue weighted by Gasteiger charge is -2.09. The third-order valence-electron chi connectivity index (χ3n) is 2.27. The molecule has 1 aromatic heterocycles. The predicted molar refractivity (Wildman–Crippen MR) is 52.4 cm³/mol. The fourth-order valence-electron chi connectivity index (χ4n) is 1.62. The lowest BCUT2D eigenvalue weighted by Crippen LogP contribution is -2.08. The zero-order valence-electron chi connectivity index (χ0n) is 8.38. The van der Waals surface area contributed by atoms with E-state index in [1.165, 1.54) is 12.3 Å². The normalized spacial score (nSPS) is 11.9. The largest absolute Gasteiger partial charge is 0.481 e. The van der Waals surface area contributed by atoms with E-state index >= 15 is 0 Å². The Morgan fingerprint density at radius 2 is 2.12 bits per heavy atom. The Hall–Kier alpha value is -2.05. The molecule has 2 rings (SSSR count). The number of hydrogen-bond donors (Lipinski definition) is 2. The molecule has 17 heavy (non-hydrogen) atoms. The first-order chi connectivity index (χ1) is 7.88. The molecule has 0 saturated heterocycles. The van der Waals surface area contributed by atoms with Crippen LogP contribution in [0.1, 0.15) is 11.1 Å². The molecule has 1 aromatic carbocycles. The topological polar surface area (TPSA) is 66.0 Å². The van der Waals surface area contributed by atoms with Crippen molar-refractivity contribution in [3.05, 3.63) is 29.5 Å². The van der Waals surface area contributed by atoms with Gasteiger partial charge in [0.2, 0.25) is 0 Å². The number of halogens is 3. The molecule has 0 spiro atoms. The van der Waals surface area contributed by atoms with Crippen molar-refractivity contribution in [1.29, 1.82) is 0 Å². The van der Waals surface area contributed by atoms with Gasteiger partial charge in [-0.3, -0.25) is 9.89 Å². The van der Waals surface area contributed by atoms with Gasteiger partial charge in [-0.1, -0.05) is 0 Å². The Kier molecular flexibility index (Phi) is 2.53. The minimum Gasteiger partial charge on any atom is -0.481 e. The molecule has 0 aliphatic carbocycles. The van der Waals surface area contributed by atoms with Gasteiger partial charge in [0.05, 0.1) is 23.7 Å². The van der Waals surface area contributed by atoms with E-state index in [0.29, 0.717) is 0 Å². The van der Waals surface area contributed by atoms with E-state index in [1.807, 2.05) is 0 Å². The second kappa shape index (κ2) is 3.76. The van der Waals surface area contributed by atoms with Crippen molar-refractivity contribution in [2.75, 3.05) is 0 Å². The summed E-state index contributed by atoms with van der Waals surface area (Å²) in [5, 5.41) is 14.6. The fourth-order valence-corrected chi connectivity index (χ4v) is 1.62. The van der Waals surface area contributed by atoms with Crippen molar-refractivity contribution in [3.8, 4) is 0 Å². The summed E-state index contributed by atoms with van der Waals surface area (Å²) in [4.78, 5) is 10.5. The average molecular weight is 244 g/mol. The highest BCUT2D eigenvalue weighted by atomic mass is 19.4. The van der Waals surface area contributed by atoms with Gasteiger partial charge in [0.15, 0.2) is 0 Å². The van der Waals surface area contributed by atoms with E-state index in [0.717, 1.165) is 6.07 Å². The van der Waals surface area contributed by atoms with Crippen LogP contribution in [0.3, 0.4) is 0 Å². The quantitative estimate of drug-likeness (QED) is 0.851. The number of nitrogens with one attached hydrogen (secondary N) is 1. The molecule has 0 unspecified atom stereocenters. The number of rotatable bonds is 2. The minimum atomic E-state index is -4.54. The standard InChI is InChI=1S/C10H7F3N2O2/c11-10(12,13)7-2-5(3-8(16)17)1-6-4-14-15-9(6)7/h1-2,4H,3H2,(H,14,15)(H,16,17). The zero-order valence-corrected chi connectivity index (χ0v) is 8.38. The molecule has 0 fully saturated rings. The molecule has 2 N–H and O–H groups in total. The maximum absolute atomic E-state index is 12.7. The van der Waals surface area contributed by atoms with E-state index in [9.17, 15) is 18.0 Å². The van der Waals surface area contributed by atoms with Gasteiger partial charge < -0.3 is 5.11 Å². The number of carboxylic acids is 1. The molecule has 0 atom stereocenters. The van der Waals surface area contributed by atoms with Crippen molar-refractivity contribution in [2.45, 2.75) is 12.6 Å². The molecule has 90 valence electrons. The number of aromatic amines is 1. The molecule has 1 heterocycles. The van der Waals surface area contributed by atoms with Crippen LogP contribution in [0.5, 0.6) is 0 Å². The Bertz CT molecular complexity index is 574. The molecule has 0 bridgehead atoms. The Morgan fingerprint density at radius 3 is 2.71 bits per heavy atom. The molecule has 0 radical (unpaired) electrons. The smallest absolute Gasteiger partial charge is 0.418 e. The third kappa shape index (κ3) is 2.22. The molecule has 0 aliphatic heterocycles. The second-order valence-electron chi connectivity index (χ2n) is 3.55. The molecule has 7 heteroatoms. The lowest BCUT2D eigenvalue weighted by atomic mass is 10.0. The Labute approximate surface area is 93.1 Å². The van der Waals surface area contributed by atoms with Gasteiger partial charge in [0.1, 0.15) is 0 Å². The first-order valence-electron chi connectivity index (χ1n) is 4.63. The van der Waals surface area contributed by atoms with Crippen LogP contribution in [-0.4, -0.2) is 21.3 Å². The summed E-state index contributed by atoms with van der Waals surface area (Å²) < 4.78 is 38.2. The summed E-state index contributed by atoms with van der Waals surface area (Å²) in [6.07, 6.45) is -3.76. The Balaban J connectivity index is 2.63. The van der Waals surface area contributed by atoms with Crippen LogP contribution in [0.4, 0.5) is 13.2 Å². The van der Waals surface area contributed by atoms with Gasteiger partial charge in [-0.25, -0.2) is 0 Å². The summed E-state index contributed by atoms with van der Waals surface area (Å²) >= 11 is 0. The van der Waals surface area contributed by atoms with Crippen LogP contribution < -0.4 is 0 Å². The van der Waals surface area contributed by atoms with Gasteiger partial charge in [0, 0.05) is 5.39 Å². The van der Waals surface area contributed by atoms with Gasteiger partial charge >= 0.3 is 12.1 Å². The summed E-state index contributed by atoms with van der Waals surface area (Å²) in [6, 6.07) is 2.21. The first kappa shape index (κ1) is 11.4. The molecule has 2 aromatic rings. The van der Waals surface area contributed by atoms with E-state index in [4.69, 9.17) is 5.11 Å². The van der Waals surface area contributed by atoms with Crippen molar-refractivity contribution in [1.82, 2.24) is 10.2 Å². The van der Waals surface area contributed by atoms with E-state index < -0.39 is 24.1 Å². The lowest BCUT2D eigenvalue weighted by molar-refractivity contribution is -0.138. The van der Waals surface area contributed by atoms with Crippen molar-refractivity contribution in [2.24, 2.45) is 0 Å². The Morgan fingerprint density at radius 1 is 1.41 bits per heavy atom. The number of aliphatic carboxylic acids is 1. The summed E-state index contributed by atoms with van der Waals surface area (Å²) in [6.45, 7) is 0. The highest BCUT2D eigenvalue weighted by Gasteiger charge is 2.33. The first-order valence-corrected chi connectivity index (χ1v) is 4.63. The molecule has 4 nitrogen and oxygen atoms in total. The SMILES string of the molecule is O=C(O)Cc1cc(C(F)(F)F)c2[nH]ncc2c1. The maximum atomic E-state index is 12.7. The molecule has 0 saturated carbocycles. The number of aromatic nitrogens is 2. The number of alkyl halides is 3. The van der Waals surface area contributed by atoms with Gasteiger partial charge in [-0.05, 0) is 17.7 Å². The maximum Gasteiger partial charge on any atom is 0.418 e. The fraction of sp³-hybridized carbons (Fsp3) is 0.200. The number of H-pyrrole nitrogens is 1. The van der Waals surface area contributed by atoms with E-state index in [2.05, 4.69) is 10.2 Å². The summed E-state index contributed by atoms with van der Waals surface area (Å²) in [5.74, 6) is -1.18. The zero-order chi connectivity index (χ0) is 12.6. The van der Waals surface area contributed by atoms with Crippen molar-refractivity contribution >= 4 is 16.9 Å². The van der Waals surface area contributed by atoms with Crippen LogP contribution in [0, 0.1) is 0 Å². The number of fused-ring (bicyclic) bond motifs is 1. The number of nitrogens with zero attached hydrogens (tertiary/aromatic N) is 1. The van der Waals surface area contributed by atoms with Crippen molar-refractivity contribution in [3.63, 3.8) is 0 Å². The number of benzene rings is 1. The van der Waals surface area contributed by atoms with E-state index in [-0.39, 0.29) is 16.5 Å². The number of carboxylic acid groups (broad SMARTS) is 1. The molecule has 0 amide bonds. The van der Waals surface area contributed by atoms with Gasteiger partial charge in [-0.2, -0.15) is 18.3 Å². The third-order valence-corrected chi connectivity index (χ3v) is 2.27. The highest BCUT2D eigenvalue weighted by Crippen LogP contribution is 2.34. The van der Waals surface area contributed by atoms with Crippen LogP contribution in [-0.2, 0) is 17.4 Å². The van der Waals surface area contributed by atoms with Crippen LogP contribution in [0.15, 0.2) is 18.3 Å². The predicted octanol–water partition coefficient (Wildman–Crippen LogP) is 2.21. The summed E-state index contributed by atoms with van der Waals surface area (Å²) in [5.41, 5.74) is -0.936. The van der Waals surface area contributed by atoms with Crippen LogP contribution in [0.2, 0.25) is 0 Å². The van der Waals surface area contributed by atoms with Crippen molar-refractivity contribution < 1.29 is 23.1 Å². The van der Waals surface area contributed by atoms with Crippen LogP contribution in [0.25, 0.3) is 10.9 Å².